The summed E-state index contributed by atoms with van der Waals surface area (Å²) < 4.78 is 0.480. The minimum atomic E-state index is 0.480. The molecule has 1 heteroatoms. The first-order valence-electron chi connectivity index (χ1n) is 4.80. The molecule has 0 aromatic heterocycles. The molecule has 2 unspecified atom stereocenters. The third-order valence-corrected chi connectivity index (χ3v) is 3.66. The average molecular weight is 148 g/mol. The summed E-state index contributed by atoms with van der Waals surface area (Å²) in [5, 5.41) is 0. The van der Waals surface area contributed by atoms with E-state index in [1.54, 1.807) is 0 Å². The average Bonchev–Trinajstić information content (AvgIpc) is 1.85. The first-order chi connectivity index (χ1) is 4.80. The number of hydrogen-bond donors (Lipinski definition) is 0. The Bertz CT molecular complexity index is 114. The molecule has 0 aromatic rings. The van der Waals surface area contributed by atoms with E-state index in [9.17, 15) is 0 Å². The van der Waals surface area contributed by atoms with Crippen molar-refractivity contribution in [2.24, 2.45) is 17.8 Å². The van der Waals surface area contributed by atoms with Crippen LogP contribution in [0.25, 0.3) is 0 Å². The van der Waals surface area contributed by atoms with Crippen molar-refractivity contribution >= 4 is 17.7 Å². The van der Waals surface area contributed by atoms with Crippen LogP contribution in [0.5, 0.6) is 0 Å². The van der Waals surface area contributed by atoms with Gasteiger partial charge in [0.15, 0.2) is 0 Å². The van der Waals surface area contributed by atoms with E-state index in [1.165, 1.54) is 0 Å². The van der Waals surface area contributed by atoms with Gasteiger partial charge in [0, 0.05) is 0 Å². The van der Waals surface area contributed by atoms with Crippen molar-refractivity contribution in [3.8, 4) is 0 Å². The zero-order valence-electron chi connectivity index (χ0n) is 9.23. The van der Waals surface area contributed by atoms with Crippen LogP contribution in [-0.2, 0) is 0 Å². The second kappa shape index (κ2) is 4.01. The molecule has 0 fully saturated rings. The number of hydrogen-bond acceptors (Lipinski definition) is 0. The molecule has 0 rings (SSSR count). The first kappa shape index (κ1) is 11.6. The maximum atomic E-state index is 2.38. The van der Waals surface area contributed by atoms with Gasteiger partial charge < -0.3 is 0 Å². The van der Waals surface area contributed by atoms with Gasteiger partial charge in [-0.05, 0) is 0 Å². The summed E-state index contributed by atoms with van der Waals surface area (Å²) >= 11 is 2.38. The Morgan fingerprint density at radius 3 is 1.45 bits per heavy atom. The molecule has 0 aromatic carbocycles. The number of rotatable bonds is 3. The fourth-order valence-corrected chi connectivity index (χ4v) is 1.38. The summed E-state index contributed by atoms with van der Waals surface area (Å²) in [6.45, 7) is 14.0. The normalized spacial score (nSPS) is 20.5. The predicted octanol–water partition coefficient (Wildman–Crippen LogP) is 3.28. The summed E-state index contributed by atoms with van der Waals surface area (Å²) in [4.78, 5) is 0. The van der Waals surface area contributed by atoms with Crippen molar-refractivity contribution in [3.05, 3.63) is 0 Å². The van der Waals surface area contributed by atoms with Gasteiger partial charge in [-0.3, -0.25) is 0 Å². The van der Waals surface area contributed by atoms with Crippen LogP contribution in [0.2, 0.25) is 4.09 Å². The Balaban J connectivity index is 4.29. The molecule has 0 spiro atoms. The van der Waals surface area contributed by atoms with Crippen LogP contribution in [-0.4, -0.2) is 17.7 Å². The van der Waals surface area contributed by atoms with Crippen LogP contribution in [0.3, 0.4) is 0 Å². The zero-order chi connectivity index (χ0) is 9.23. The molecule has 0 aliphatic rings. The van der Waals surface area contributed by atoms with Gasteiger partial charge in [-0.25, -0.2) is 0 Å². The van der Waals surface area contributed by atoms with E-state index < -0.39 is 0 Å². The van der Waals surface area contributed by atoms with Crippen molar-refractivity contribution in [3.63, 3.8) is 0 Å². The zero-order valence-corrected chi connectivity index (χ0v) is 9.23. The Morgan fingerprint density at radius 1 is 1.00 bits per heavy atom. The van der Waals surface area contributed by atoms with E-state index in [1.807, 2.05) is 0 Å². The van der Waals surface area contributed by atoms with Gasteiger partial charge >= 0.3 is 81.1 Å². The van der Waals surface area contributed by atoms with Crippen LogP contribution in [0.4, 0.5) is 0 Å². The second-order valence-corrected chi connectivity index (χ2v) is 5.01. The summed E-state index contributed by atoms with van der Waals surface area (Å²) in [5.41, 5.74) is 0. The van der Waals surface area contributed by atoms with E-state index in [0.29, 0.717) is 4.09 Å². The third kappa shape index (κ3) is 2.84. The Labute approximate surface area is 81.3 Å². The molecule has 0 aliphatic heterocycles. The van der Waals surface area contributed by atoms with Crippen molar-refractivity contribution in [1.29, 1.82) is 0 Å². The molecular weight excluding hydrogens is 127 g/mol. The molecule has 0 bridgehead atoms. The Kier molecular flexibility index (Phi) is 4.23. The maximum absolute atomic E-state index is 2.38. The van der Waals surface area contributed by atoms with Crippen LogP contribution in [0, 0.1) is 17.8 Å². The molecule has 0 N–H and O–H groups in total. The van der Waals surface area contributed by atoms with Crippen molar-refractivity contribution < 1.29 is 0 Å². The molecular formula is C10H21Li. The SMILES string of the molecule is [Li][C](C)(C(C)C)C(C)C(C)C. The van der Waals surface area contributed by atoms with Crippen LogP contribution < -0.4 is 0 Å². The van der Waals surface area contributed by atoms with Crippen molar-refractivity contribution in [2.75, 3.05) is 0 Å². The van der Waals surface area contributed by atoms with Gasteiger partial charge in [0.25, 0.3) is 0 Å². The molecule has 62 valence electrons. The molecule has 0 nitrogen and oxygen atoms in total. The van der Waals surface area contributed by atoms with Gasteiger partial charge in [-0.1, -0.05) is 0 Å². The summed E-state index contributed by atoms with van der Waals surface area (Å²) in [6.07, 6.45) is 0. The molecule has 11 heavy (non-hydrogen) atoms. The first-order valence-corrected chi connectivity index (χ1v) is 4.80. The fraction of sp³-hybridized carbons (Fsp3) is 1.00. The molecule has 0 saturated carbocycles. The molecule has 2 atom stereocenters. The van der Waals surface area contributed by atoms with Gasteiger partial charge in [0.1, 0.15) is 0 Å². The Hall–Kier alpha value is 0.597. The predicted molar refractivity (Wildman–Crippen MR) is 53.0 cm³/mol. The topological polar surface area (TPSA) is 0 Å². The van der Waals surface area contributed by atoms with E-state index >= 15 is 0 Å². The van der Waals surface area contributed by atoms with E-state index in [4.69, 9.17) is 0 Å². The van der Waals surface area contributed by atoms with Gasteiger partial charge in [-0.15, -0.1) is 0 Å². The molecule has 0 aliphatic carbocycles. The van der Waals surface area contributed by atoms with E-state index in [-0.39, 0.29) is 0 Å². The van der Waals surface area contributed by atoms with Gasteiger partial charge in [0.2, 0.25) is 0 Å². The van der Waals surface area contributed by atoms with Gasteiger partial charge in [0.05, 0.1) is 0 Å². The van der Waals surface area contributed by atoms with Crippen LogP contribution in [0.15, 0.2) is 0 Å². The Morgan fingerprint density at radius 2 is 1.36 bits per heavy atom. The third-order valence-electron chi connectivity index (χ3n) is 3.66. The standard InChI is InChI=1S/C10H21.Li/c1-7(2)9(5)10(6)8(3)4;/h7-9H,1-6H3;. The minimum absolute atomic E-state index is 0.480. The molecule has 0 saturated heterocycles. The molecule has 0 heterocycles. The van der Waals surface area contributed by atoms with Crippen LogP contribution >= 0.6 is 0 Å². The molecule has 0 amide bonds. The summed E-state index contributed by atoms with van der Waals surface area (Å²) in [5.74, 6) is 2.38. The quantitative estimate of drug-likeness (QED) is 0.539. The van der Waals surface area contributed by atoms with E-state index in [2.05, 4.69) is 59.3 Å². The van der Waals surface area contributed by atoms with Crippen molar-refractivity contribution in [2.45, 2.75) is 45.6 Å². The van der Waals surface area contributed by atoms with Gasteiger partial charge in [-0.2, -0.15) is 0 Å². The second-order valence-electron chi connectivity index (χ2n) is 5.01. The molecule has 0 radical (unpaired) electrons. The van der Waals surface area contributed by atoms with Crippen molar-refractivity contribution in [1.82, 2.24) is 0 Å². The monoisotopic (exact) mass is 148 g/mol. The summed E-state index contributed by atoms with van der Waals surface area (Å²) in [6, 6.07) is 0. The van der Waals surface area contributed by atoms with E-state index in [0.717, 1.165) is 17.8 Å². The van der Waals surface area contributed by atoms with Crippen LogP contribution in [0.1, 0.15) is 41.5 Å². The summed E-state index contributed by atoms with van der Waals surface area (Å²) in [7, 11) is 0. The fourth-order valence-electron chi connectivity index (χ4n) is 1.38.